The smallest absolute Gasteiger partial charge is 0.333 e. The predicted octanol–water partition coefficient (Wildman–Crippen LogP) is 8.23. The molecule has 4 heterocycles. The molecule has 0 bridgehead atoms. The molecule has 3 aromatic rings. The van der Waals surface area contributed by atoms with Crippen LogP contribution in [0.3, 0.4) is 0 Å². The van der Waals surface area contributed by atoms with Crippen molar-refractivity contribution in [2.45, 2.75) is 89.0 Å². The first kappa shape index (κ1) is 48.2. The van der Waals surface area contributed by atoms with Crippen molar-refractivity contribution in [3.63, 3.8) is 0 Å². The molecule has 0 aliphatic carbocycles. The molecule has 0 aromatic heterocycles. The van der Waals surface area contributed by atoms with Gasteiger partial charge in [0.2, 0.25) is 5.69 Å². The second-order valence-corrected chi connectivity index (χ2v) is 19.3. The van der Waals surface area contributed by atoms with Gasteiger partial charge in [0, 0.05) is 85.5 Å². The first-order valence-corrected chi connectivity index (χ1v) is 23.9. The minimum Gasteiger partial charge on any atom is -0.456 e. The van der Waals surface area contributed by atoms with Crippen molar-refractivity contribution in [3.8, 4) is 5.75 Å². The lowest BCUT2D eigenvalue weighted by Crippen LogP contribution is -2.46. The topological polar surface area (TPSA) is 161 Å². The molecule has 7 rings (SSSR count). The molecule has 15 heteroatoms. The van der Waals surface area contributed by atoms with Crippen molar-refractivity contribution >= 4 is 61.9 Å². The van der Waals surface area contributed by atoms with Gasteiger partial charge in [-0.15, -0.1) is 5.06 Å². The number of carbonyl (C=O) groups is 3. The van der Waals surface area contributed by atoms with E-state index in [4.69, 9.17) is 23.8 Å². The number of methoxy groups -OCH3 is 1. The summed E-state index contributed by atoms with van der Waals surface area (Å²) in [5.41, 5.74) is 7.62. The van der Waals surface area contributed by atoms with Crippen LogP contribution in [-0.4, -0.2) is 105 Å². The summed E-state index contributed by atoms with van der Waals surface area (Å²) in [5.74, 6) is -0.243. The Morgan fingerprint density at radius 3 is 2.32 bits per heavy atom. The lowest BCUT2D eigenvalue weighted by atomic mass is 9.81. The number of carbonyl (C=O) groups excluding carboxylic acids is 3. The van der Waals surface area contributed by atoms with Gasteiger partial charge >= 0.3 is 5.97 Å². The van der Waals surface area contributed by atoms with E-state index in [0.717, 1.165) is 56.2 Å². The number of ether oxygens (including phenoxy) is 4. The number of anilines is 1. The van der Waals surface area contributed by atoms with E-state index < -0.39 is 33.3 Å². The number of fused-ring (bicyclic) bond motifs is 3. The van der Waals surface area contributed by atoms with Gasteiger partial charge in [-0.2, -0.15) is 13.0 Å². The lowest BCUT2D eigenvalue weighted by molar-refractivity contribution is -0.438. The molecule has 1 saturated heterocycles. The van der Waals surface area contributed by atoms with Crippen LogP contribution in [0.5, 0.6) is 5.75 Å². The van der Waals surface area contributed by atoms with E-state index in [-0.39, 0.29) is 29.7 Å². The summed E-state index contributed by atoms with van der Waals surface area (Å²) in [6, 6.07) is 19.0. The Balaban J connectivity index is 1.18. The summed E-state index contributed by atoms with van der Waals surface area (Å²) in [5, 5.41) is 0.565. The van der Waals surface area contributed by atoms with E-state index in [2.05, 4.69) is 60.6 Å². The monoisotopic (exact) mass is 922 g/mol. The zero-order valence-corrected chi connectivity index (χ0v) is 39.4. The molecule has 14 nitrogen and oxygen atoms in total. The van der Waals surface area contributed by atoms with Crippen molar-refractivity contribution in [2.24, 2.45) is 0 Å². The van der Waals surface area contributed by atoms with E-state index >= 15 is 0 Å². The SMILES string of the molecule is COCCOCCOCCN1c2cc3c(cc2C(C)=CC1(C)C)/C(=C/C=C/C1=[N+](CCCCCC(=O)ON2C(=O)CCC2=O)c2ccc(S(=O)(=O)O)cc2C1(C)C)C=C(c1ccccc1)O3. The number of nitrogens with zero attached hydrogens (tertiary/aromatic N) is 3. The van der Waals surface area contributed by atoms with E-state index in [0.29, 0.717) is 76.2 Å². The first-order valence-electron chi connectivity index (χ1n) is 22.5. The molecule has 4 aliphatic rings. The van der Waals surface area contributed by atoms with E-state index in [1.54, 1.807) is 13.2 Å². The normalized spacial score (nSPS) is 18.1. The number of benzene rings is 3. The summed E-state index contributed by atoms with van der Waals surface area (Å²) >= 11 is 0. The standard InChI is InChI=1S/C51H59N3O11S/c1-35-34-50(2,3)53(24-25-62-28-29-63-27-26-61-6)43-33-45-40(32-39(35)43)37(30-44(64-45)36-14-9-7-10-15-36)16-13-17-46-51(4,5)41-31-38(66(58,59)60)19-20-42(41)52(46)23-12-8-11-18-49(57)65-54-47(55)21-22-48(54)56/h7,9-10,13-17,19-20,30-34H,8,11-12,18,21-29H2,1-6H3/p+1. The van der Waals surface area contributed by atoms with Crippen LogP contribution in [0, 0.1) is 0 Å². The van der Waals surface area contributed by atoms with Gasteiger partial charge < -0.3 is 28.7 Å². The number of unbranched alkanes of at least 4 members (excludes halogenated alkanes) is 2. The highest BCUT2D eigenvalue weighted by Gasteiger charge is 2.45. The second kappa shape index (κ2) is 20.4. The van der Waals surface area contributed by atoms with Gasteiger partial charge in [-0.25, -0.2) is 4.79 Å². The highest BCUT2D eigenvalue weighted by molar-refractivity contribution is 7.85. The molecule has 0 spiro atoms. The summed E-state index contributed by atoms with van der Waals surface area (Å²) in [6.45, 7) is 14.4. The third-order valence-corrected chi connectivity index (χ3v) is 13.2. The van der Waals surface area contributed by atoms with Crippen LogP contribution in [0.2, 0.25) is 0 Å². The highest BCUT2D eigenvalue weighted by Crippen LogP contribution is 2.47. The minimum absolute atomic E-state index is 0.0323. The van der Waals surface area contributed by atoms with Crippen molar-refractivity contribution in [3.05, 3.63) is 113 Å². The number of hydrogen-bond acceptors (Lipinski definition) is 11. The molecule has 1 fully saturated rings. The van der Waals surface area contributed by atoms with E-state index in [1.807, 2.05) is 56.3 Å². The van der Waals surface area contributed by atoms with Crippen molar-refractivity contribution < 1.29 is 55.7 Å². The molecule has 4 aliphatic heterocycles. The van der Waals surface area contributed by atoms with Crippen LogP contribution in [0.1, 0.15) is 95.4 Å². The molecule has 0 unspecified atom stereocenters. The fourth-order valence-electron chi connectivity index (χ4n) is 9.01. The third kappa shape index (κ3) is 10.8. The molecule has 66 heavy (non-hydrogen) atoms. The highest BCUT2D eigenvalue weighted by atomic mass is 32.2. The van der Waals surface area contributed by atoms with Crippen LogP contribution in [-0.2, 0) is 49.0 Å². The Labute approximate surface area is 387 Å². The number of imide groups is 1. The number of rotatable bonds is 20. The Morgan fingerprint density at radius 1 is 0.894 bits per heavy atom. The molecule has 0 atom stereocenters. The molecular formula is C51H60N3O11S+. The summed E-state index contributed by atoms with van der Waals surface area (Å²) < 4.78 is 60.1. The minimum atomic E-state index is -4.46. The van der Waals surface area contributed by atoms with Crippen LogP contribution in [0.4, 0.5) is 11.4 Å². The van der Waals surface area contributed by atoms with Crippen LogP contribution in [0.15, 0.2) is 95.9 Å². The van der Waals surface area contributed by atoms with Gasteiger partial charge in [0.05, 0.1) is 48.9 Å². The maximum absolute atomic E-state index is 12.5. The Bertz CT molecular complexity index is 2610. The van der Waals surface area contributed by atoms with E-state index in [1.165, 1.54) is 12.1 Å². The van der Waals surface area contributed by atoms with Gasteiger partial charge in [0.25, 0.3) is 21.9 Å². The van der Waals surface area contributed by atoms with E-state index in [9.17, 15) is 27.4 Å². The molecule has 2 amide bonds. The van der Waals surface area contributed by atoms with Gasteiger partial charge in [-0.3, -0.25) is 14.1 Å². The van der Waals surface area contributed by atoms with Crippen molar-refractivity contribution in [2.75, 3.05) is 58.1 Å². The van der Waals surface area contributed by atoms with Gasteiger partial charge in [-0.05, 0) is 82.9 Å². The van der Waals surface area contributed by atoms with Crippen molar-refractivity contribution in [1.29, 1.82) is 0 Å². The summed E-state index contributed by atoms with van der Waals surface area (Å²) in [7, 11) is -2.81. The lowest BCUT2D eigenvalue weighted by Gasteiger charge is -2.44. The zero-order chi connectivity index (χ0) is 47.2. The predicted molar refractivity (Wildman–Crippen MR) is 252 cm³/mol. The molecule has 0 saturated carbocycles. The maximum atomic E-state index is 12.5. The Kier molecular flexibility index (Phi) is 14.9. The first-order chi connectivity index (χ1) is 31.5. The Morgan fingerprint density at radius 2 is 1.61 bits per heavy atom. The molecule has 0 radical (unpaired) electrons. The largest absolute Gasteiger partial charge is 0.456 e. The number of amides is 2. The van der Waals surface area contributed by atoms with Gasteiger partial charge in [0.1, 0.15) is 18.1 Å². The number of allylic oxidation sites excluding steroid dienone is 6. The van der Waals surface area contributed by atoms with Crippen LogP contribution < -0.4 is 9.64 Å². The van der Waals surface area contributed by atoms with Crippen molar-refractivity contribution in [1.82, 2.24) is 5.06 Å². The number of hydrogen-bond donors (Lipinski definition) is 1. The molecule has 1 N–H and O–H groups in total. The molecule has 3 aromatic carbocycles. The molecule has 350 valence electrons. The quantitative estimate of drug-likeness (QED) is 0.0501. The summed E-state index contributed by atoms with van der Waals surface area (Å²) in [6.07, 6.45) is 12.3. The Hall–Kier alpha value is -5.71. The van der Waals surface area contributed by atoms with Crippen LogP contribution >= 0.6 is 0 Å². The zero-order valence-electron chi connectivity index (χ0n) is 38.6. The number of hydroxylamine groups is 2. The van der Waals surface area contributed by atoms with Gasteiger partial charge in [0.15, 0.2) is 5.71 Å². The average Bonchev–Trinajstić information content (AvgIpc) is 3.70. The fourth-order valence-corrected chi connectivity index (χ4v) is 9.52. The van der Waals surface area contributed by atoms with Gasteiger partial charge in [-0.1, -0.05) is 48.6 Å². The second-order valence-electron chi connectivity index (χ2n) is 17.8. The summed E-state index contributed by atoms with van der Waals surface area (Å²) in [4.78, 5) is 43.5. The average molecular weight is 923 g/mol. The fraction of sp³-hybridized carbons (Fsp3) is 0.412. The molecular weight excluding hydrogens is 863 g/mol. The third-order valence-electron chi connectivity index (χ3n) is 12.4. The maximum Gasteiger partial charge on any atom is 0.333 e. The van der Waals surface area contributed by atoms with Crippen LogP contribution in [0.25, 0.3) is 16.9 Å².